The van der Waals surface area contributed by atoms with Crippen molar-refractivity contribution in [1.82, 2.24) is 15.3 Å². The molecule has 1 fully saturated rings. The van der Waals surface area contributed by atoms with Crippen LogP contribution in [0.2, 0.25) is 4.34 Å². The molecule has 2 heterocycles. The number of hydrogen-bond donors (Lipinski definition) is 3. The average molecular weight is 326 g/mol. The molecule has 1 aliphatic carbocycles. The predicted octanol–water partition coefficient (Wildman–Crippen LogP) is 2.63. The van der Waals surface area contributed by atoms with Crippen molar-refractivity contribution in [3.63, 3.8) is 0 Å². The maximum atomic E-state index is 12.3. The van der Waals surface area contributed by atoms with Crippen LogP contribution in [0.15, 0.2) is 18.3 Å². The molecule has 1 aliphatic rings. The van der Waals surface area contributed by atoms with Gasteiger partial charge in [-0.15, -0.1) is 11.3 Å². The molecule has 0 unspecified atom stereocenters. The van der Waals surface area contributed by atoms with E-state index in [-0.39, 0.29) is 11.6 Å². The van der Waals surface area contributed by atoms with Crippen molar-refractivity contribution in [2.75, 3.05) is 0 Å². The maximum Gasteiger partial charge on any atom is 0.353 e. The SMILES string of the molecule is O=C(O)c1cnc(C2(NC(=O)c3ccc(Cl)s3)CCC2)[nH]1. The molecule has 3 rings (SSSR count). The standard InChI is InChI=1S/C13H12ClN3O3S/c14-9-3-2-8(21-9)10(18)17-13(4-1-5-13)12-15-6-7(16-12)11(19)20/h2-3,6H,1,4-5H2,(H,15,16)(H,17,18)(H,19,20). The first kappa shape index (κ1) is 14.1. The Morgan fingerprint density at radius 2 is 2.19 bits per heavy atom. The van der Waals surface area contributed by atoms with E-state index in [1.165, 1.54) is 17.5 Å². The van der Waals surface area contributed by atoms with Crippen LogP contribution in [0.4, 0.5) is 0 Å². The average Bonchev–Trinajstić information content (AvgIpc) is 3.02. The number of nitrogens with zero attached hydrogens (tertiary/aromatic N) is 1. The Morgan fingerprint density at radius 1 is 1.43 bits per heavy atom. The summed E-state index contributed by atoms with van der Waals surface area (Å²) in [4.78, 5) is 30.6. The van der Waals surface area contributed by atoms with E-state index in [2.05, 4.69) is 15.3 Å². The van der Waals surface area contributed by atoms with Crippen molar-refractivity contribution >= 4 is 34.8 Å². The zero-order valence-electron chi connectivity index (χ0n) is 10.9. The Bertz CT molecular complexity index is 705. The second-order valence-electron chi connectivity index (χ2n) is 4.94. The summed E-state index contributed by atoms with van der Waals surface area (Å²) in [5.41, 5.74) is -0.592. The van der Waals surface area contributed by atoms with E-state index < -0.39 is 11.5 Å². The quantitative estimate of drug-likeness (QED) is 0.805. The van der Waals surface area contributed by atoms with Crippen molar-refractivity contribution in [3.05, 3.63) is 39.1 Å². The lowest BCUT2D eigenvalue weighted by Gasteiger charge is -2.40. The smallest absolute Gasteiger partial charge is 0.353 e. The van der Waals surface area contributed by atoms with Crippen LogP contribution >= 0.6 is 22.9 Å². The molecule has 0 atom stereocenters. The van der Waals surface area contributed by atoms with Crippen LogP contribution in [0.25, 0.3) is 0 Å². The molecule has 0 radical (unpaired) electrons. The number of amides is 1. The molecule has 0 aromatic carbocycles. The van der Waals surface area contributed by atoms with Gasteiger partial charge in [0.1, 0.15) is 11.5 Å². The summed E-state index contributed by atoms with van der Waals surface area (Å²) in [6.07, 6.45) is 3.68. The third kappa shape index (κ3) is 2.54. The molecule has 1 saturated carbocycles. The van der Waals surface area contributed by atoms with Crippen LogP contribution in [-0.2, 0) is 5.54 Å². The summed E-state index contributed by atoms with van der Waals surface area (Å²) in [6, 6.07) is 3.34. The number of aromatic amines is 1. The highest BCUT2D eigenvalue weighted by Gasteiger charge is 2.43. The number of H-pyrrole nitrogens is 1. The van der Waals surface area contributed by atoms with E-state index >= 15 is 0 Å². The van der Waals surface area contributed by atoms with Gasteiger partial charge in [-0.1, -0.05) is 11.6 Å². The molecule has 3 N–H and O–H groups in total. The van der Waals surface area contributed by atoms with Gasteiger partial charge in [0.15, 0.2) is 0 Å². The molecule has 21 heavy (non-hydrogen) atoms. The highest BCUT2D eigenvalue weighted by atomic mass is 35.5. The van der Waals surface area contributed by atoms with Crippen molar-refractivity contribution in [2.24, 2.45) is 0 Å². The fourth-order valence-electron chi connectivity index (χ4n) is 2.34. The number of rotatable bonds is 4. The molecule has 0 saturated heterocycles. The van der Waals surface area contributed by atoms with Crippen LogP contribution in [0.5, 0.6) is 0 Å². The molecule has 110 valence electrons. The number of imidazole rings is 1. The Balaban J connectivity index is 1.83. The van der Waals surface area contributed by atoms with Crippen LogP contribution in [0, 0.1) is 0 Å². The number of aromatic nitrogens is 2. The van der Waals surface area contributed by atoms with Gasteiger partial charge >= 0.3 is 5.97 Å². The number of carbonyl (C=O) groups is 2. The fourth-order valence-corrected chi connectivity index (χ4v) is 3.28. The number of thiophene rings is 1. The Morgan fingerprint density at radius 3 is 2.67 bits per heavy atom. The van der Waals surface area contributed by atoms with Crippen molar-refractivity contribution in [1.29, 1.82) is 0 Å². The predicted molar refractivity (Wildman–Crippen MR) is 77.9 cm³/mol. The van der Waals surface area contributed by atoms with Gasteiger partial charge in [0.2, 0.25) is 0 Å². The Hall–Kier alpha value is -1.86. The number of carboxylic acid groups (broad SMARTS) is 1. The van der Waals surface area contributed by atoms with Crippen LogP contribution in [0.3, 0.4) is 0 Å². The summed E-state index contributed by atoms with van der Waals surface area (Å²) in [7, 11) is 0. The second-order valence-corrected chi connectivity index (χ2v) is 6.66. The van der Waals surface area contributed by atoms with E-state index in [1.807, 2.05) is 0 Å². The lowest BCUT2D eigenvalue weighted by molar-refractivity contribution is 0.0690. The molecule has 0 spiro atoms. The molecule has 8 heteroatoms. The number of carbonyl (C=O) groups excluding carboxylic acids is 1. The molecular weight excluding hydrogens is 314 g/mol. The van der Waals surface area contributed by atoms with E-state index in [0.29, 0.717) is 15.0 Å². The van der Waals surface area contributed by atoms with Gasteiger partial charge in [-0.2, -0.15) is 0 Å². The van der Waals surface area contributed by atoms with Gasteiger partial charge in [-0.3, -0.25) is 4.79 Å². The number of nitrogens with one attached hydrogen (secondary N) is 2. The van der Waals surface area contributed by atoms with Gasteiger partial charge in [0.05, 0.1) is 20.9 Å². The van der Waals surface area contributed by atoms with Gasteiger partial charge in [0.25, 0.3) is 5.91 Å². The van der Waals surface area contributed by atoms with E-state index in [9.17, 15) is 9.59 Å². The number of hydrogen-bond acceptors (Lipinski definition) is 4. The molecular formula is C13H12ClN3O3S. The van der Waals surface area contributed by atoms with Crippen LogP contribution in [-0.4, -0.2) is 27.0 Å². The first-order chi connectivity index (χ1) is 10.00. The Kier molecular flexibility index (Phi) is 3.46. The third-order valence-corrected chi connectivity index (χ3v) is 4.85. The second kappa shape index (κ2) is 5.16. The fraction of sp³-hybridized carbons (Fsp3) is 0.308. The normalized spacial score (nSPS) is 16.2. The number of aromatic carboxylic acids is 1. The minimum absolute atomic E-state index is 0.0182. The Labute approximate surface area is 129 Å². The third-order valence-electron chi connectivity index (χ3n) is 3.62. The lowest BCUT2D eigenvalue weighted by atomic mass is 9.76. The summed E-state index contributed by atoms with van der Waals surface area (Å²) in [5, 5.41) is 11.9. The monoisotopic (exact) mass is 325 g/mol. The molecule has 2 aromatic rings. The zero-order chi connectivity index (χ0) is 15.0. The van der Waals surface area contributed by atoms with Crippen LogP contribution in [0.1, 0.15) is 45.2 Å². The molecule has 6 nitrogen and oxygen atoms in total. The molecule has 1 amide bonds. The highest BCUT2D eigenvalue weighted by molar-refractivity contribution is 7.18. The summed E-state index contributed by atoms with van der Waals surface area (Å²) in [6.45, 7) is 0. The highest BCUT2D eigenvalue weighted by Crippen LogP contribution is 2.40. The minimum Gasteiger partial charge on any atom is -0.477 e. The van der Waals surface area contributed by atoms with Gasteiger partial charge < -0.3 is 15.4 Å². The van der Waals surface area contributed by atoms with Crippen LogP contribution < -0.4 is 5.32 Å². The van der Waals surface area contributed by atoms with E-state index in [0.717, 1.165) is 19.3 Å². The minimum atomic E-state index is -1.07. The van der Waals surface area contributed by atoms with Gasteiger partial charge in [-0.25, -0.2) is 9.78 Å². The van der Waals surface area contributed by atoms with E-state index in [4.69, 9.17) is 16.7 Å². The largest absolute Gasteiger partial charge is 0.477 e. The molecule has 0 bridgehead atoms. The van der Waals surface area contributed by atoms with Crippen molar-refractivity contribution in [3.8, 4) is 0 Å². The maximum absolute atomic E-state index is 12.3. The molecule has 0 aliphatic heterocycles. The summed E-state index contributed by atoms with van der Waals surface area (Å²) < 4.78 is 0.550. The van der Waals surface area contributed by atoms with Crippen molar-refractivity contribution < 1.29 is 14.7 Å². The lowest BCUT2D eigenvalue weighted by Crippen LogP contribution is -2.51. The van der Waals surface area contributed by atoms with Gasteiger partial charge in [0, 0.05) is 0 Å². The topological polar surface area (TPSA) is 95.1 Å². The first-order valence-electron chi connectivity index (χ1n) is 6.37. The molecule has 2 aromatic heterocycles. The zero-order valence-corrected chi connectivity index (χ0v) is 12.4. The van der Waals surface area contributed by atoms with Gasteiger partial charge in [-0.05, 0) is 31.4 Å². The summed E-state index contributed by atoms with van der Waals surface area (Å²) >= 11 is 7.04. The van der Waals surface area contributed by atoms with Crippen molar-refractivity contribution in [2.45, 2.75) is 24.8 Å². The first-order valence-corrected chi connectivity index (χ1v) is 7.56. The summed E-state index contributed by atoms with van der Waals surface area (Å²) in [5.74, 6) is -0.804. The number of carboxylic acids is 1. The number of halogens is 1. The van der Waals surface area contributed by atoms with E-state index in [1.54, 1.807) is 12.1 Å².